The number of nitrogens with zero attached hydrogens (tertiary/aromatic N) is 1. The van der Waals surface area contributed by atoms with Crippen LogP contribution in [0.1, 0.15) is 56.3 Å². The van der Waals surface area contributed by atoms with Crippen LogP contribution >= 0.6 is 11.3 Å². The van der Waals surface area contributed by atoms with Gasteiger partial charge in [0.2, 0.25) is 0 Å². The van der Waals surface area contributed by atoms with Gasteiger partial charge in [-0.2, -0.15) is 0 Å². The van der Waals surface area contributed by atoms with E-state index in [0.717, 1.165) is 11.3 Å². The van der Waals surface area contributed by atoms with E-state index in [1.54, 1.807) is 19.1 Å². The maximum atomic E-state index is 12.5. The molecule has 1 aromatic carbocycles. The van der Waals surface area contributed by atoms with Crippen LogP contribution in [-0.4, -0.2) is 35.4 Å². The van der Waals surface area contributed by atoms with Gasteiger partial charge >= 0.3 is 5.97 Å². The summed E-state index contributed by atoms with van der Waals surface area (Å²) in [6, 6.07) is 4.73. The smallest absolute Gasteiger partial charge is 0.350 e. The number of rotatable bonds is 3. The number of esters is 1. The Kier molecular flexibility index (Phi) is 4.53. The van der Waals surface area contributed by atoms with Crippen LogP contribution in [0.15, 0.2) is 18.2 Å². The molecule has 136 valence electrons. The predicted molar refractivity (Wildman–Crippen MR) is 96.2 cm³/mol. The number of ether oxygens (including phenoxy) is 2. The van der Waals surface area contributed by atoms with Crippen LogP contribution in [0.5, 0.6) is 5.75 Å². The van der Waals surface area contributed by atoms with Crippen molar-refractivity contribution >= 4 is 34.1 Å². The summed E-state index contributed by atoms with van der Waals surface area (Å²) >= 11 is 1.04. The summed E-state index contributed by atoms with van der Waals surface area (Å²) in [5.74, 6) is -0.514. The van der Waals surface area contributed by atoms with Crippen LogP contribution < -0.4 is 10.1 Å². The molecule has 8 heteroatoms. The number of aromatic nitrogens is 1. The molecule has 0 radical (unpaired) electrons. The van der Waals surface area contributed by atoms with E-state index in [2.05, 4.69) is 15.0 Å². The number of ketones is 1. The zero-order chi connectivity index (χ0) is 19.1. The van der Waals surface area contributed by atoms with Crippen molar-refractivity contribution in [1.82, 2.24) is 4.98 Å². The molecular formula is C18H18N2O5S. The maximum Gasteiger partial charge on any atom is 0.350 e. The van der Waals surface area contributed by atoms with Gasteiger partial charge in [0.15, 0.2) is 10.9 Å². The second-order valence-corrected chi connectivity index (χ2v) is 7.55. The number of carbonyl (C=O) groups is 3. The minimum atomic E-state index is -0.559. The van der Waals surface area contributed by atoms with E-state index >= 15 is 0 Å². The van der Waals surface area contributed by atoms with Crippen molar-refractivity contribution in [2.75, 3.05) is 12.4 Å². The summed E-state index contributed by atoms with van der Waals surface area (Å²) in [5, 5.41) is 2.93. The van der Waals surface area contributed by atoms with Gasteiger partial charge in [-0.1, -0.05) is 11.3 Å². The Hall–Kier alpha value is -2.74. The first-order chi connectivity index (χ1) is 12.2. The molecule has 0 atom stereocenters. The minimum absolute atomic E-state index is 0.0658. The molecule has 2 heterocycles. The number of fused-ring (bicyclic) bond motifs is 1. The standard InChI is InChI=1S/C18H18N2O5S/c1-9-14(16(23)24-4)26-17(19-9)20-15(22)10-5-6-13-11(7-10)12(21)8-18(2,3)25-13/h5-7H,8H2,1-4H3,(H,19,20,22). The lowest BCUT2D eigenvalue weighted by Crippen LogP contribution is -2.36. The summed E-state index contributed by atoms with van der Waals surface area (Å²) in [5.41, 5.74) is 0.625. The monoisotopic (exact) mass is 374 g/mol. The molecule has 1 aromatic heterocycles. The van der Waals surface area contributed by atoms with Crippen molar-refractivity contribution in [3.8, 4) is 5.75 Å². The van der Waals surface area contributed by atoms with E-state index in [-0.39, 0.29) is 17.3 Å². The first-order valence-electron chi connectivity index (χ1n) is 7.93. The van der Waals surface area contributed by atoms with Crippen molar-refractivity contribution < 1.29 is 23.9 Å². The molecule has 1 amide bonds. The van der Waals surface area contributed by atoms with Crippen molar-refractivity contribution in [3.05, 3.63) is 39.9 Å². The highest BCUT2D eigenvalue weighted by Gasteiger charge is 2.33. The Bertz CT molecular complexity index is 916. The molecule has 1 N–H and O–H groups in total. The lowest BCUT2D eigenvalue weighted by Gasteiger charge is -2.31. The first kappa shape index (κ1) is 18.1. The number of anilines is 1. The van der Waals surface area contributed by atoms with E-state index in [1.165, 1.54) is 13.2 Å². The zero-order valence-corrected chi connectivity index (χ0v) is 15.7. The van der Waals surface area contributed by atoms with Crippen molar-refractivity contribution in [2.24, 2.45) is 0 Å². The average molecular weight is 374 g/mol. The van der Waals surface area contributed by atoms with Gasteiger partial charge in [-0.15, -0.1) is 0 Å². The van der Waals surface area contributed by atoms with Crippen LogP contribution in [0.3, 0.4) is 0 Å². The molecule has 0 spiro atoms. The van der Waals surface area contributed by atoms with Crippen LogP contribution in [0.2, 0.25) is 0 Å². The third kappa shape index (κ3) is 3.45. The summed E-state index contributed by atoms with van der Waals surface area (Å²) in [7, 11) is 1.28. The van der Waals surface area contributed by atoms with E-state index in [4.69, 9.17) is 4.74 Å². The molecule has 2 aromatic rings. The molecule has 7 nitrogen and oxygen atoms in total. The number of methoxy groups -OCH3 is 1. The number of benzene rings is 1. The summed E-state index contributed by atoms with van der Waals surface area (Å²) < 4.78 is 10.5. The SMILES string of the molecule is COC(=O)c1sc(NC(=O)c2ccc3c(c2)C(=O)CC(C)(C)O3)nc1C. The quantitative estimate of drug-likeness (QED) is 0.829. The van der Waals surface area contributed by atoms with Gasteiger partial charge in [0, 0.05) is 5.56 Å². The Morgan fingerprint density at radius 2 is 2.08 bits per heavy atom. The number of hydrogen-bond donors (Lipinski definition) is 1. The molecule has 0 fully saturated rings. The third-order valence-electron chi connectivity index (χ3n) is 3.90. The van der Waals surface area contributed by atoms with Crippen LogP contribution in [0.25, 0.3) is 0 Å². The highest BCUT2D eigenvalue weighted by molar-refractivity contribution is 7.17. The Morgan fingerprint density at radius 3 is 2.77 bits per heavy atom. The normalized spacial score (nSPS) is 15.0. The highest BCUT2D eigenvalue weighted by Crippen LogP contribution is 2.33. The summed E-state index contributed by atoms with van der Waals surface area (Å²) in [6.07, 6.45) is 0.249. The second-order valence-electron chi connectivity index (χ2n) is 6.55. The van der Waals surface area contributed by atoms with E-state index in [9.17, 15) is 14.4 Å². The first-order valence-corrected chi connectivity index (χ1v) is 8.75. The molecule has 0 saturated heterocycles. The average Bonchev–Trinajstić information content (AvgIpc) is 2.93. The molecular weight excluding hydrogens is 356 g/mol. The molecule has 0 aliphatic carbocycles. The van der Waals surface area contributed by atoms with Gasteiger partial charge in [0.05, 0.1) is 24.8 Å². The summed E-state index contributed by atoms with van der Waals surface area (Å²) in [6.45, 7) is 5.35. The fourth-order valence-corrected chi connectivity index (χ4v) is 3.57. The van der Waals surface area contributed by atoms with Gasteiger partial charge in [-0.25, -0.2) is 9.78 Å². The number of nitrogens with one attached hydrogen (secondary N) is 1. The summed E-state index contributed by atoms with van der Waals surface area (Å²) in [4.78, 5) is 40.9. The van der Waals surface area contributed by atoms with Gasteiger partial charge in [0.25, 0.3) is 5.91 Å². The number of Topliss-reactive ketones (excluding diaryl/α,β-unsaturated/α-hetero) is 1. The van der Waals surface area contributed by atoms with Crippen molar-refractivity contribution in [3.63, 3.8) is 0 Å². The van der Waals surface area contributed by atoms with E-state index in [1.807, 2.05) is 13.8 Å². The van der Waals surface area contributed by atoms with E-state index < -0.39 is 17.5 Å². The Morgan fingerprint density at radius 1 is 1.35 bits per heavy atom. The van der Waals surface area contributed by atoms with Crippen LogP contribution in [0, 0.1) is 6.92 Å². The second kappa shape index (κ2) is 6.53. The number of amides is 1. The Balaban J connectivity index is 1.83. The lowest BCUT2D eigenvalue weighted by atomic mass is 9.92. The number of thiazole rings is 1. The lowest BCUT2D eigenvalue weighted by molar-refractivity contribution is 0.0599. The molecule has 26 heavy (non-hydrogen) atoms. The topological polar surface area (TPSA) is 94.6 Å². The van der Waals surface area contributed by atoms with Crippen LogP contribution in [-0.2, 0) is 4.74 Å². The van der Waals surface area contributed by atoms with Gasteiger partial charge in [0.1, 0.15) is 16.2 Å². The molecule has 0 bridgehead atoms. The highest BCUT2D eigenvalue weighted by atomic mass is 32.1. The van der Waals surface area contributed by atoms with Crippen molar-refractivity contribution in [1.29, 1.82) is 0 Å². The molecule has 0 saturated carbocycles. The fraction of sp³-hybridized carbons (Fsp3) is 0.333. The minimum Gasteiger partial charge on any atom is -0.487 e. The number of aryl methyl sites for hydroxylation is 1. The van der Waals surface area contributed by atoms with E-state index in [0.29, 0.717) is 27.4 Å². The molecule has 0 unspecified atom stereocenters. The van der Waals surface area contributed by atoms with Gasteiger partial charge in [-0.05, 0) is 39.0 Å². The maximum absolute atomic E-state index is 12.5. The fourth-order valence-electron chi connectivity index (χ4n) is 2.70. The van der Waals surface area contributed by atoms with Crippen LogP contribution in [0.4, 0.5) is 5.13 Å². The van der Waals surface area contributed by atoms with Gasteiger partial charge in [-0.3, -0.25) is 14.9 Å². The molecule has 3 rings (SSSR count). The Labute approximate surface area is 154 Å². The number of carbonyl (C=O) groups excluding carboxylic acids is 3. The van der Waals surface area contributed by atoms with Crippen molar-refractivity contribution in [2.45, 2.75) is 32.8 Å². The molecule has 1 aliphatic heterocycles. The third-order valence-corrected chi connectivity index (χ3v) is 4.96. The molecule has 1 aliphatic rings. The largest absolute Gasteiger partial charge is 0.487 e. The number of hydrogen-bond acceptors (Lipinski definition) is 7. The predicted octanol–water partition coefficient (Wildman–Crippen LogP) is 3.23. The zero-order valence-electron chi connectivity index (χ0n) is 14.8. The van der Waals surface area contributed by atoms with Gasteiger partial charge < -0.3 is 9.47 Å².